The minimum Gasteiger partial charge on any atom is -0.351 e. The van der Waals surface area contributed by atoms with Gasteiger partial charge in [0.25, 0.3) is 5.91 Å². The molecule has 0 spiro atoms. The molecule has 1 aromatic carbocycles. The van der Waals surface area contributed by atoms with Crippen LogP contribution in [0.5, 0.6) is 0 Å². The van der Waals surface area contributed by atoms with Crippen molar-refractivity contribution in [2.24, 2.45) is 5.73 Å². The van der Waals surface area contributed by atoms with Crippen molar-refractivity contribution in [3.8, 4) is 0 Å². The Morgan fingerprint density at radius 1 is 1.11 bits per heavy atom. The lowest BCUT2D eigenvalue weighted by atomic mass is 9.93. The van der Waals surface area contributed by atoms with E-state index in [1.807, 2.05) is 12.1 Å². The Morgan fingerprint density at radius 3 is 2.00 bits per heavy atom. The molecule has 0 fully saturated rings. The van der Waals surface area contributed by atoms with E-state index in [4.69, 9.17) is 5.73 Å². The SMILES string of the molecule is CC(C)c1cc(C(=O)NCCN)cc(C(C)C)c1. The number of hydrogen-bond donors (Lipinski definition) is 2. The zero-order valence-electron chi connectivity index (χ0n) is 11.8. The van der Waals surface area contributed by atoms with Crippen LogP contribution in [-0.4, -0.2) is 19.0 Å². The topological polar surface area (TPSA) is 55.1 Å². The highest BCUT2D eigenvalue weighted by atomic mass is 16.1. The Morgan fingerprint density at radius 2 is 1.61 bits per heavy atom. The summed E-state index contributed by atoms with van der Waals surface area (Å²) in [7, 11) is 0. The summed E-state index contributed by atoms with van der Waals surface area (Å²) in [4.78, 5) is 12.0. The molecule has 1 rings (SSSR count). The summed E-state index contributed by atoms with van der Waals surface area (Å²) >= 11 is 0. The first-order chi connectivity index (χ1) is 8.45. The molecule has 0 aromatic heterocycles. The quantitative estimate of drug-likeness (QED) is 0.841. The van der Waals surface area contributed by atoms with Gasteiger partial charge in [-0.25, -0.2) is 0 Å². The van der Waals surface area contributed by atoms with Crippen molar-refractivity contribution in [2.75, 3.05) is 13.1 Å². The third-order valence-corrected chi connectivity index (χ3v) is 3.00. The van der Waals surface area contributed by atoms with E-state index in [-0.39, 0.29) is 5.91 Å². The van der Waals surface area contributed by atoms with Gasteiger partial charge >= 0.3 is 0 Å². The summed E-state index contributed by atoms with van der Waals surface area (Å²) in [6.45, 7) is 9.54. The third-order valence-electron chi connectivity index (χ3n) is 3.00. The monoisotopic (exact) mass is 248 g/mol. The third kappa shape index (κ3) is 3.84. The maximum absolute atomic E-state index is 12.0. The fraction of sp³-hybridized carbons (Fsp3) is 0.533. The fourth-order valence-electron chi connectivity index (χ4n) is 1.76. The lowest BCUT2D eigenvalue weighted by Crippen LogP contribution is -2.29. The molecule has 0 atom stereocenters. The average molecular weight is 248 g/mol. The van der Waals surface area contributed by atoms with Gasteiger partial charge in [-0.3, -0.25) is 4.79 Å². The maximum Gasteiger partial charge on any atom is 0.251 e. The van der Waals surface area contributed by atoms with Crippen LogP contribution in [0.2, 0.25) is 0 Å². The van der Waals surface area contributed by atoms with Gasteiger partial charge in [0, 0.05) is 18.7 Å². The Balaban J connectivity index is 3.06. The number of rotatable bonds is 5. The molecule has 3 heteroatoms. The van der Waals surface area contributed by atoms with Crippen LogP contribution in [-0.2, 0) is 0 Å². The predicted molar refractivity (Wildman–Crippen MR) is 76.0 cm³/mol. The van der Waals surface area contributed by atoms with Gasteiger partial charge in [0.05, 0.1) is 0 Å². The van der Waals surface area contributed by atoms with E-state index in [2.05, 4.69) is 39.1 Å². The van der Waals surface area contributed by atoms with Crippen LogP contribution in [0.15, 0.2) is 18.2 Å². The van der Waals surface area contributed by atoms with E-state index in [1.165, 1.54) is 11.1 Å². The van der Waals surface area contributed by atoms with Crippen LogP contribution < -0.4 is 11.1 Å². The molecular formula is C15H24N2O. The van der Waals surface area contributed by atoms with Crippen LogP contribution >= 0.6 is 0 Å². The molecule has 0 radical (unpaired) electrons. The highest BCUT2D eigenvalue weighted by molar-refractivity contribution is 5.94. The smallest absolute Gasteiger partial charge is 0.251 e. The minimum absolute atomic E-state index is 0.0372. The summed E-state index contributed by atoms with van der Waals surface area (Å²) in [5, 5.41) is 2.82. The number of carbonyl (C=O) groups excluding carboxylic acids is 1. The number of hydrogen-bond acceptors (Lipinski definition) is 2. The summed E-state index contributed by atoms with van der Waals surface area (Å²) in [5.74, 6) is 0.805. The lowest BCUT2D eigenvalue weighted by Gasteiger charge is -2.14. The zero-order chi connectivity index (χ0) is 13.7. The molecule has 0 aliphatic heterocycles. The number of carbonyl (C=O) groups is 1. The van der Waals surface area contributed by atoms with Gasteiger partial charge in [-0.15, -0.1) is 0 Å². The zero-order valence-corrected chi connectivity index (χ0v) is 11.8. The second kappa shape index (κ2) is 6.55. The van der Waals surface area contributed by atoms with Crippen LogP contribution in [0.1, 0.15) is 61.0 Å². The van der Waals surface area contributed by atoms with Crippen LogP contribution in [0.4, 0.5) is 0 Å². The maximum atomic E-state index is 12.0. The molecule has 18 heavy (non-hydrogen) atoms. The molecule has 3 N–H and O–H groups in total. The van der Waals surface area contributed by atoms with E-state index in [0.29, 0.717) is 24.9 Å². The number of amides is 1. The lowest BCUT2D eigenvalue weighted by molar-refractivity contribution is 0.0954. The van der Waals surface area contributed by atoms with Gasteiger partial charge in [-0.05, 0) is 35.1 Å². The Kier molecular flexibility index (Phi) is 5.35. The van der Waals surface area contributed by atoms with Crippen molar-refractivity contribution in [1.82, 2.24) is 5.32 Å². The Labute approximate surface area is 110 Å². The molecule has 0 heterocycles. The van der Waals surface area contributed by atoms with Crippen molar-refractivity contribution in [1.29, 1.82) is 0 Å². The van der Waals surface area contributed by atoms with Crippen molar-refractivity contribution in [3.63, 3.8) is 0 Å². The van der Waals surface area contributed by atoms with Gasteiger partial charge < -0.3 is 11.1 Å². The first-order valence-corrected chi connectivity index (χ1v) is 6.58. The fourth-order valence-corrected chi connectivity index (χ4v) is 1.76. The summed E-state index contributed by atoms with van der Waals surface area (Å²) in [6.07, 6.45) is 0. The van der Waals surface area contributed by atoms with Crippen molar-refractivity contribution >= 4 is 5.91 Å². The molecule has 3 nitrogen and oxygen atoms in total. The van der Waals surface area contributed by atoms with Gasteiger partial charge in [0.2, 0.25) is 0 Å². The minimum atomic E-state index is -0.0372. The normalized spacial score (nSPS) is 11.1. The predicted octanol–water partition coefficient (Wildman–Crippen LogP) is 2.62. The summed E-state index contributed by atoms with van der Waals surface area (Å²) in [5.41, 5.74) is 8.55. The molecule has 1 amide bonds. The van der Waals surface area contributed by atoms with Crippen LogP contribution in [0, 0.1) is 0 Å². The Bertz CT molecular complexity index is 385. The van der Waals surface area contributed by atoms with Crippen LogP contribution in [0.25, 0.3) is 0 Å². The van der Waals surface area contributed by atoms with Gasteiger partial charge in [-0.1, -0.05) is 33.8 Å². The number of nitrogens with two attached hydrogens (primary N) is 1. The first kappa shape index (κ1) is 14.7. The van der Waals surface area contributed by atoms with Gasteiger partial charge in [0.1, 0.15) is 0 Å². The van der Waals surface area contributed by atoms with E-state index in [0.717, 1.165) is 5.56 Å². The number of nitrogens with one attached hydrogen (secondary N) is 1. The summed E-state index contributed by atoms with van der Waals surface area (Å²) in [6, 6.07) is 6.14. The highest BCUT2D eigenvalue weighted by Crippen LogP contribution is 2.23. The molecule has 0 aliphatic carbocycles. The second-order valence-electron chi connectivity index (χ2n) is 5.24. The second-order valence-corrected chi connectivity index (χ2v) is 5.24. The molecule has 0 unspecified atom stereocenters. The Hall–Kier alpha value is -1.35. The van der Waals surface area contributed by atoms with E-state index in [9.17, 15) is 4.79 Å². The van der Waals surface area contributed by atoms with Gasteiger partial charge in [-0.2, -0.15) is 0 Å². The van der Waals surface area contributed by atoms with Crippen molar-refractivity contribution in [3.05, 3.63) is 34.9 Å². The van der Waals surface area contributed by atoms with Crippen LogP contribution in [0.3, 0.4) is 0 Å². The van der Waals surface area contributed by atoms with Crippen molar-refractivity contribution in [2.45, 2.75) is 39.5 Å². The largest absolute Gasteiger partial charge is 0.351 e. The molecule has 0 saturated carbocycles. The van der Waals surface area contributed by atoms with E-state index < -0.39 is 0 Å². The molecule has 1 aromatic rings. The molecule has 0 saturated heterocycles. The average Bonchev–Trinajstić information content (AvgIpc) is 2.35. The standard InChI is InChI=1S/C15H24N2O/c1-10(2)12-7-13(11(3)4)9-14(8-12)15(18)17-6-5-16/h7-11H,5-6,16H2,1-4H3,(H,17,18). The summed E-state index contributed by atoms with van der Waals surface area (Å²) < 4.78 is 0. The number of benzene rings is 1. The molecule has 0 aliphatic rings. The highest BCUT2D eigenvalue weighted by Gasteiger charge is 2.11. The van der Waals surface area contributed by atoms with Gasteiger partial charge in [0.15, 0.2) is 0 Å². The molecular weight excluding hydrogens is 224 g/mol. The van der Waals surface area contributed by atoms with E-state index in [1.54, 1.807) is 0 Å². The van der Waals surface area contributed by atoms with Crippen molar-refractivity contribution < 1.29 is 4.79 Å². The molecule has 100 valence electrons. The molecule has 0 bridgehead atoms. The first-order valence-electron chi connectivity index (χ1n) is 6.58. The van der Waals surface area contributed by atoms with E-state index >= 15 is 0 Å².